The molecule has 0 radical (unpaired) electrons. The SMILES string of the molecule is Cc1ccc(CCNc2ncc(C(=O)ON)c([O-])n2)cc1C.[Na+]. The summed E-state index contributed by atoms with van der Waals surface area (Å²) in [5, 5.41) is 14.6. The summed E-state index contributed by atoms with van der Waals surface area (Å²) in [6, 6.07) is 6.26. The number of aryl methyl sites for hydroxylation is 2. The normalized spacial score (nSPS) is 9.87. The average molecular weight is 324 g/mol. The molecule has 7 nitrogen and oxygen atoms in total. The van der Waals surface area contributed by atoms with Gasteiger partial charge in [-0.2, -0.15) is 5.90 Å². The van der Waals surface area contributed by atoms with E-state index in [1.165, 1.54) is 16.7 Å². The smallest absolute Gasteiger partial charge is 0.858 e. The van der Waals surface area contributed by atoms with Crippen molar-refractivity contribution in [1.82, 2.24) is 9.97 Å². The molecule has 3 N–H and O–H groups in total. The van der Waals surface area contributed by atoms with Gasteiger partial charge >= 0.3 is 35.5 Å². The monoisotopic (exact) mass is 324 g/mol. The molecule has 0 bridgehead atoms. The van der Waals surface area contributed by atoms with Crippen molar-refractivity contribution < 1.29 is 44.3 Å². The minimum Gasteiger partial charge on any atom is -0.858 e. The van der Waals surface area contributed by atoms with Crippen molar-refractivity contribution >= 4 is 11.9 Å². The number of carbonyl (C=O) groups is 1. The summed E-state index contributed by atoms with van der Waals surface area (Å²) in [7, 11) is 0. The number of anilines is 1. The van der Waals surface area contributed by atoms with Gasteiger partial charge < -0.3 is 15.3 Å². The van der Waals surface area contributed by atoms with Gasteiger partial charge in [0.2, 0.25) is 5.95 Å². The van der Waals surface area contributed by atoms with Crippen LogP contribution in [-0.4, -0.2) is 22.5 Å². The van der Waals surface area contributed by atoms with Gasteiger partial charge in [-0.1, -0.05) is 18.2 Å². The van der Waals surface area contributed by atoms with E-state index in [1.54, 1.807) is 0 Å². The number of hydrogen-bond donors (Lipinski definition) is 2. The fourth-order valence-corrected chi connectivity index (χ4v) is 1.93. The second-order valence-corrected chi connectivity index (χ2v) is 4.91. The van der Waals surface area contributed by atoms with Crippen LogP contribution in [0.3, 0.4) is 0 Å². The summed E-state index contributed by atoms with van der Waals surface area (Å²) in [6.07, 6.45) is 1.87. The third-order valence-corrected chi connectivity index (χ3v) is 3.35. The fraction of sp³-hybridized carbons (Fsp3) is 0.267. The van der Waals surface area contributed by atoms with Gasteiger partial charge in [0.15, 0.2) is 0 Å². The Kier molecular flexibility index (Phi) is 7.44. The molecular weight excluding hydrogens is 307 g/mol. The first kappa shape index (κ1) is 19.4. The number of aromatic nitrogens is 2. The van der Waals surface area contributed by atoms with Crippen LogP contribution in [0.5, 0.6) is 5.88 Å². The number of rotatable bonds is 5. The summed E-state index contributed by atoms with van der Waals surface area (Å²) >= 11 is 0. The third-order valence-electron chi connectivity index (χ3n) is 3.35. The van der Waals surface area contributed by atoms with E-state index in [4.69, 9.17) is 5.90 Å². The Bertz CT molecular complexity index is 694. The molecule has 1 aromatic carbocycles. The molecule has 116 valence electrons. The molecule has 0 spiro atoms. The topological polar surface area (TPSA) is 113 Å². The van der Waals surface area contributed by atoms with Gasteiger partial charge in [0, 0.05) is 18.6 Å². The first-order valence-electron chi connectivity index (χ1n) is 6.76. The number of hydrogen-bond acceptors (Lipinski definition) is 7. The van der Waals surface area contributed by atoms with E-state index in [2.05, 4.69) is 52.2 Å². The van der Waals surface area contributed by atoms with Gasteiger partial charge in [-0.3, -0.25) is 0 Å². The number of benzene rings is 1. The van der Waals surface area contributed by atoms with Crippen molar-refractivity contribution in [3.63, 3.8) is 0 Å². The Morgan fingerprint density at radius 3 is 2.70 bits per heavy atom. The molecular formula is C15H17N4NaO3. The van der Waals surface area contributed by atoms with Gasteiger partial charge in [0.25, 0.3) is 0 Å². The van der Waals surface area contributed by atoms with E-state index in [0.717, 1.165) is 12.6 Å². The van der Waals surface area contributed by atoms with E-state index >= 15 is 0 Å². The summed E-state index contributed by atoms with van der Waals surface area (Å²) in [5.41, 5.74) is 3.38. The molecule has 2 rings (SSSR count). The first-order valence-corrected chi connectivity index (χ1v) is 6.76. The van der Waals surface area contributed by atoms with E-state index in [1.807, 2.05) is 0 Å². The fourth-order valence-electron chi connectivity index (χ4n) is 1.93. The Morgan fingerprint density at radius 1 is 1.35 bits per heavy atom. The van der Waals surface area contributed by atoms with Crippen LogP contribution in [0.25, 0.3) is 0 Å². The molecule has 8 heteroatoms. The van der Waals surface area contributed by atoms with Crippen LogP contribution in [0, 0.1) is 13.8 Å². The molecule has 0 fully saturated rings. The molecule has 0 aliphatic carbocycles. The molecule has 0 aliphatic rings. The molecule has 1 aromatic heterocycles. The maximum atomic E-state index is 11.6. The Hall–Kier alpha value is -1.67. The van der Waals surface area contributed by atoms with Crippen molar-refractivity contribution in [2.24, 2.45) is 5.90 Å². The Balaban J connectivity index is 0.00000264. The summed E-state index contributed by atoms with van der Waals surface area (Å²) in [4.78, 5) is 22.7. The van der Waals surface area contributed by atoms with Gasteiger partial charge in [-0.05, 0) is 37.0 Å². The number of carbonyl (C=O) groups excluding carboxylic acids is 1. The molecule has 1 heterocycles. The average Bonchev–Trinajstić information content (AvgIpc) is 2.50. The summed E-state index contributed by atoms with van der Waals surface area (Å²) in [6.45, 7) is 4.70. The van der Waals surface area contributed by atoms with Crippen molar-refractivity contribution in [2.45, 2.75) is 20.3 Å². The summed E-state index contributed by atoms with van der Waals surface area (Å²) < 4.78 is 0. The van der Waals surface area contributed by atoms with Crippen molar-refractivity contribution in [1.29, 1.82) is 0 Å². The van der Waals surface area contributed by atoms with Crippen LogP contribution in [0.1, 0.15) is 27.0 Å². The van der Waals surface area contributed by atoms with Gasteiger partial charge in [-0.15, -0.1) is 0 Å². The van der Waals surface area contributed by atoms with E-state index in [-0.39, 0.29) is 41.1 Å². The minimum atomic E-state index is -0.952. The number of nitrogens with zero attached hydrogens (tertiary/aromatic N) is 2. The molecule has 0 amide bonds. The van der Waals surface area contributed by atoms with Crippen LogP contribution >= 0.6 is 0 Å². The van der Waals surface area contributed by atoms with Crippen molar-refractivity contribution in [3.8, 4) is 5.88 Å². The van der Waals surface area contributed by atoms with Crippen LogP contribution < -0.4 is 45.9 Å². The van der Waals surface area contributed by atoms with Crippen LogP contribution in [0.15, 0.2) is 24.4 Å². The van der Waals surface area contributed by atoms with Gasteiger partial charge in [0.1, 0.15) is 0 Å². The largest absolute Gasteiger partial charge is 1.00 e. The zero-order chi connectivity index (χ0) is 16.1. The molecule has 23 heavy (non-hydrogen) atoms. The third kappa shape index (κ3) is 5.18. The minimum absolute atomic E-state index is 0. The van der Waals surface area contributed by atoms with Crippen LogP contribution in [0.4, 0.5) is 5.95 Å². The van der Waals surface area contributed by atoms with Gasteiger partial charge in [-0.25, -0.2) is 14.8 Å². The van der Waals surface area contributed by atoms with Crippen molar-refractivity contribution in [2.75, 3.05) is 11.9 Å². The standard InChI is InChI=1S/C15H18N4O3.Na/c1-9-3-4-11(7-10(9)2)5-6-17-15-18-8-12(13(20)19-15)14(21)22-16;/h3-4,7-8H,5-6,16H2,1-2H3,(H2,17,18,19,20);/q;+1/p-1. The maximum absolute atomic E-state index is 11.6. The van der Waals surface area contributed by atoms with Crippen molar-refractivity contribution in [3.05, 3.63) is 46.6 Å². The first-order chi connectivity index (χ1) is 10.5. The quantitative estimate of drug-likeness (QED) is 0.476. The maximum Gasteiger partial charge on any atom is 1.00 e. The zero-order valence-corrected chi connectivity index (χ0v) is 15.4. The molecule has 0 saturated heterocycles. The predicted octanol–water partition coefficient (Wildman–Crippen LogP) is -2.14. The predicted molar refractivity (Wildman–Crippen MR) is 79.2 cm³/mol. The summed E-state index contributed by atoms with van der Waals surface area (Å²) in [5.74, 6) is 3.21. The van der Waals surface area contributed by atoms with Crippen LogP contribution in [-0.2, 0) is 11.3 Å². The number of nitrogens with two attached hydrogens (primary N) is 1. The van der Waals surface area contributed by atoms with E-state index in [9.17, 15) is 9.90 Å². The van der Waals surface area contributed by atoms with Crippen LogP contribution in [0.2, 0.25) is 0 Å². The molecule has 2 aromatic rings. The van der Waals surface area contributed by atoms with E-state index in [0.29, 0.717) is 6.54 Å². The molecule has 0 atom stereocenters. The Morgan fingerprint density at radius 2 is 2.09 bits per heavy atom. The Labute approximate surface area is 156 Å². The molecule has 0 unspecified atom stereocenters. The molecule has 0 saturated carbocycles. The zero-order valence-electron chi connectivity index (χ0n) is 13.4. The van der Waals surface area contributed by atoms with E-state index < -0.39 is 11.8 Å². The number of nitrogens with one attached hydrogen (secondary N) is 1. The second kappa shape index (κ2) is 8.83. The van der Waals surface area contributed by atoms with Gasteiger partial charge in [0.05, 0.1) is 5.56 Å². The second-order valence-electron chi connectivity index (χ2n) is 4.91. The molecule has 0 aliphatic heterocycles.